The lowest BCUT2D eigenvalue weighted by molar-refractivity contribution is 0.253. The SMILES string of the molecule is O=S(=O)(Nc1ccc(F)c(F)c1Nc1ccc(I)cc1Cl)N1CCC(NC2CCCCC2)CC1. The maximum Gasteiger partial charge on any atom is 0.301 e. The summed E-state index contributed by atoms with van der Waals surface area (Å²) < 4.78 is 59.6. The topological polar surface area (TPSA) is 73.5 Å². The van der Waals surface area contributed by atoms with Gasteiger partial charge in [-0.15, -0.1) is 0 Å². The molecule has 2 aromatic carbocycles. The van der Waals surface area contributed by atoms with Gasteiger partial charge in [-0.1, -0.05) is 30.9 Å². The lowest BCUT2D eigenvalue weighted by Gasteiger charge is -2.35. The Morgan fingerprint density at radius 1 is 0.941 bits per heavy atom. The fourth-order valence-electron chi connectivity index (χ4n) is 4.55. The summed E-state index contributed by atoms with van der Waals surface area (Å²) in [6, 6.07) is 7.95. The number of piperidine rings is 1. The number of benzene rings is 2. The van der Waals surface area contributed by atoms with E-state index in [1.807, 2.05) is 0 Å². The molecule has 6 nitrogen and oxygen atoms in total. The Kier molecular flexibility index (Phi) is 8.55. The first-order valence-corrected chi connectivity index (χ1v) is 14.4. The Morgan fingerprint density at radius 3 is 2.26 bits per heavy atom. The van der Waals surface area contributed by atoms with Crippen molar-refractivity contribution in [3.05, 3.63) is 50.6 Å². The van der Waals surface area contributed by atoms with Gasteiger partial charge in [-0.3, -0.25) is 4.72 Å². The van der Waals surface area contributed by atoms with E-state index in [0.717, 1.165) is 9.64 Å². The third-order valence-corrected chi connectivity index (χ3v) is 8.90. The van der Waals surface area contributed by atoms with E-state index in [-0.39, 0.29) is 17.4 Å². The molecule has 0 spiro atoms. The summed E-state index contributed by atoms with van der Waals surface area (Å²) in [6.07, 6.45) is 7.54. The molecule has 3 N–H and O–H groups in total. The van der Waals surface area contributed by atoms with Gasteiger partial charge in [0.05, 0.1) is 16.4 Å². The van der Waals surface area contributed by atoms with Crippen LogP contribution in [0.25, 0.3) is 0 Å². The monoisotopic (exact) mass is 624 g/mol. The highest BCUT2D eigenvalue weighted by molar-refractivity contribution is 14.1. The van der Waals surface area contributed by atoms with E-state index in [1.165, 1.54) is 42.5 Å². The van der Waals surface area contributed by atoms with Crippen LogP contribution in [0.1, 0.15) is 44.9 Å². The molecule has 0 radical (unpaired) electrons. The molecule has 1 saturated carbocycles. The number of anilines is 3. The van der Waals surface area contributed by atoms with Crippen molar-refractivity contribution < 1.29 is 17.2 Å². The van der Waals surface area contributed by atoms with E-state index in [1.54, 1.807) is 18.2 Å². The van der Waals surface area contributed by atoms with Gasteiger partial charge in [-0.2, -0.15) is 12.7 Å². The molecule has 1 aliphatic carbocycles. The normalized spacial score (nSPS) is 18.7. The summed E-state index contributed by atoms with van der Waals surface area (Å²) in [7, 11) is -3.96. The first-order valence-electron chi connectivity index (χ1n) is 11.5. The molecule has 1 heterocycles. The summed E-state index contributed by atoms with van der Waals surface area (Å²) in [5, 5.41) is 6.73. The zero-order valence-electron chi connectivity index (χ0n) is 18.6. The second-order valence-electron chi connectivity index (χ2n) is 8.82. The number of nitrogens with one attached hydrogen (secondary N) is 3. The van der Waals surface area contributed by atoms with Crippen LogP contribution < -0.4 is 15.4 Å². The van der Waals surface area contributed by atoms with E-state index >= 15 is 0 Å². The molecule has 1 saturated heterocycles. The van der Waals surface area contributed by atoms with Gasteiger partial charge in [0.25, 0.3) is 0 Å². The smallest absolute Gasteiger partial charge is 0.301 e. The van der Waals surface area contributed by atoms with Crippen LogP contribution in [0, 0.1) is 15.2 Å². The molecular formula is C23H28ClF2IN4O2S. The highest BCUT2D eigenvalue weighted by Gasteiger charge is 2.30. The van der Waals surface area contributed by atoms with E-state index in [0.29, 0.717) is 42.7 Å². The number of rotatable bonds is 7. The highest BCUT2D eigenvalue weighted by atomic mass is 127. The summed E-state index contributed by atoms with van der Waals surface area (Å²) in [4.78, 5) is 0. The van der Waals surface area contributed by atoms with Crippen LogP contribution in [-0.2, 0) is 10.2 Å². The maximum atomic E-state index is 14.7. The maximum absolute atomic E-state index is 14.7. The van der Waals surface area contributed by atoms with Crippen molar-refractivity contribution in [3.8, 4) is 0 Å². The molecule has 0 aromatic heterocycles. The Morgan fingerprint density at radius 2 is 1.59 bits per heavy atom. The van der Waals surface area contributed by atoms with Crippen LogP contribution in [0.15, 0.2) is 30.3 Å². The predicted octanol–water partition coefficient (Wildman–Crippen LogP) is 6.01. The van der Waals surface area contributed by atoms with Gasteiger partial charge < -0.3 is 10.6 Å². The molecule has 2 fully saturated rings. The number of halogens is 4. The fourth-order valence-corrected chi connectivity index (χ4v) is 6.72. The minimum absolute atomic E-state index is 0.0871. The second-order valence-corrected chi connectivity index (χ2v) is 12.1. The zero-order valence-corrected chi connectivity index (χ0v) is 22.3. The van der Waals surface area contributed by atoms with Gasteiger partial charge in [0.2, 0.25) is 0 Å². The molecule has 11 heteroatoms. The zero-order chi connectivity index (χ0) is 24.3. The van der Waals surface area contributed by atoms with Gasteiger partial charge in [0.1, 0.15) is 5.69 Å². The Balaban J connectivity index is 1.46. The molecule has 0 amide bonds. The summed E-state index contributed by atoms with van der Waals surface area (Å²) in [5.74, 6) is -2.29. The van der Waals surface area contributed by atoms with Crippen LogP contribution in [0.5, 0.6) is 0 Å². The largest absolute Gasteiger partial charge is 0.350 e. The molecule has 0 bridgehead atoms. The van der Waals surface area contributed by atoms with E-state index in [9.17, 15) is 17.2 Å². The second kappa shape index (κ2) is 11.2. The van der Waals surface area contributed by atoms with E-state index in [4.69, 9.17) is 11.6 Å². The van der Waals surface area contributed by atoms with Crippen LogP contribution in [0.4, 0.5) is 25.8 Å². The molecule has 186 valence electrons. The number of hydrogen-bond donors (Lipinski definition) is 3. The summed E-state index contributed by atoms with van der Waals surface area (Å²) >= 11 is 8.31. The Labute approximate surface area is 218 Å². The number of nitrogens with zero attached hydrogens (tertiary/aromatic N) is 1. The molecule has 2 aliphatic rings. The third-order valence-electron chi connectivity index (χ3n) is 6.39. The molecule has 1 aliphatic heterocycles. The third kappa shape index (κ3) is 6.31. The minimum Gasteiger partial charge on any atom is -0.350 e. The van der Waals surface area contributed by atoms with E-state index < -0.39 is 21.8 Å². The Bertz CT molecular complexity index is 1120. The summed E-state index contributed by atoms with van der Waals surface area (Å²) in [6.45, 7) is 0.713. The van der Waals surface area contributed by atoms with Gasteiger partial charge in [0.15, 0.2) is 11.6 Å². The summed E-state index contributed by atoms with van der Waals surface area (Å²) in [5.41, 5.74) is -0.0712. The number of hydrogen-bond acceptors (Lipinski definition) is 4. The molecule has 0 atom stereocenters. The van der Waals surface area contributed by atoms with Gasteiger partial charge in [0, 0.05) is 28.7 Å². The van der Waals surface area contributed by atoms with Crippen LogP contribution in [-0.4, -0.2) is 37.9 Å². The molecular weight excluding hydrogens is 597 g/mol. The first kappa shape index (κ1) is 25.9. The minimum atomic E-state index is -3.96. The van der Waals surface area contributed by atoms with Crippen LogP contribution >= 0.6 is 34.2 Å². The lowest BCUT2D eigenvalue weighted by Crippen LogP contribution is -2.49. The lowest BCUT2D eigenvalue weighted by atomic mass is 9.94. The van der Waals surface area contributed by atoms with Crippen LogP contribution in [0.3, 0.4) is 0 Å². The Hall–Kier alpha value is -1.21. The quantitative estimate of drug-likeness (QED) is 0.330. The van der Waals surface area contributed by atoms with Gasteiger partial charge in [-0.25, -0.2) is 8.78 Å². The van der Waals surface area contributed by atoms with Crippen molar-refractivity contribution in [1.82, 2.24) is 9.62 Å². The average Bonchev–Trinajstić information content (AvgIpc) is 2.81. The van der Waals surface area contributed by atoms with Crippen molar-refractivity contribution in [2.75, 3.05) is 23.1 Å². The standard InChI is InChI=1S/C23H28ClF2IN4O2S/c24-18-14-15(27)6-8-20(18)29-23-21(9-7-19(25)22(23)26)30-34(32,33)31-12-10-17(11-13-31)28-16-4-2-1-3-5-16/h6-9,14,16-17,28-30H,1-5,10-13H2. The van der Waals surface area contributed by atoms with Crippen molar-refractivity contribution in [3.63, 3.8) is 0 Å². The molecule has 2 aromatic rings. The van der Waals surface area contributed by atoms with Crippen molar-refractivity contribution >= 4 is 61.5 Å². The van der Waals surface area contributed by atoms with Gasteiger partial charge in [-0.05, 0) is 78.6 Å². The van der Waals surface area contributed by atoms with Crippen LogP contribution in [0.2, 0.25) is 5.02 Å². The fraction of sp³-hybridized carbons (Fsp3) is 0.478. The van der Waals surface area contributed by atoms with Crippen molar-refractivity contribution in [2.45, 2.75) is 57.0 Å². The molecule has 0 unspecified atom stereocenters. The molecule has 4 rings (SSSR count). The van der Waals surface area contributed by atoms with E-state index in [2.05, 4.69) is 37.9 Å². The van der Waals surface area contributed by atoms with Crippen molar-refractivity contribution in [1.29, 1.82) is 0 Å². The first-order chi connectivity index (χ1) is 16.2. The highest BCUT2D eigenvalue weighted by Crippen LogP contribution is 2.35. The molecule has 34 heavy (non-hydrogen) atoms. The van der Waals surface area contributed by atoms with Crippen molar-refractivity contribution in [2.24, 2.45) is 0 Å². The van der Waals surface area contributed by atoms with Gasteiger partial charge >= 0.3 is 10.2 Å². The average molecular weight is 625 g/mol. The predicted molar refractivity (Wildman–Crippen MR) is 141 cm³/mol.